The molecule has 104 valence electrons. The normalized spacial score (nSPS) is 10.3. The summed E-state index contributed by atoms with van der Waals surface area (Å²) in [6.07, 6.45) is 3.58. The van der Waals surface area contributed by atoms with Crippen LogP contribution in [0, 0.1) is 0 Å². The summed E-state index contributed by atoms with van der Waals surface area (Å²) < 4.78 is 0. The molecule has 0 saturated carbocycles. The molecule has 0 fully saturated rings. The van der Waals surface area contributed by atoms with Crippen molar-refractivity contribution in [3.8, 4) is 0 Å². The largest absolute Gasteiger partial charge is 0.389 e. The number of hydrogen-bond donors (Lipinski definition) is 1. The Morgan fingerprint density at radius 1 is 1.30 bits per heavy atom. The molecule has 3 nitrogen and oxygen atoms in total. The Labute approximate surface area is 129 Å². The van der Waals surface area contributed by atoms with Gasteiger partial charge in [0.05, 0.1) is 0 Å². The lowest BCUT2D eigenvalue weighted by Crippen LogP contribution is -2.25. The summed E-state index contributed by atoms with van der Waals surface area (Å²) in [6.45, 7) is 3.72. The second kappa shape index (κ2) is 6.68. The van der Waals surface area contributed by atoms with E-state index in [1.165, 1.54) is 5.56 Å². The minimum atomic E-state index is 0.357. The van der Waals surface area contributed by atoms with Crippen molar-refractivity contribution in [3.63, 3.8) is 0 Å². The first kappa shape index (κ1) is 14.8. The summed E-state index contributed by atoms with van der Waals surface area (Å²) in [7, 11) is 0. The number of pyridine rings is 1. The monoisotopic (exact) mass is 305 g/mol. The molecule has 0 aliphatic carbocycles. The number of hydrogen-bond acceptors (Lipinski definition) is 3. The molecule has 5 heteroatoms. The predicted molar refractivity (Wildman–Crippen MR) is 88.3 cm³/mol. The molecule has 0 saturated heterocycles. The number of thiocarbonyl (C=S) groups is 1. The van der Waals surface area contributed by atoms with Crippen molar-refractivity contribution in [2.75, 3.05) is 11.4 Å². The molecule has 0 aliphatic heterocycles. The van der Waals surface area contributed by atoms with E-state index in [0.717, 1.165) is 24.3 Å². The van der Waals surface area contributed by atoms with Crippen molar-refractivity contribution in [1.82, 2.24) is 4.98 Å². The molecular formula is C15H16ClN3S. The first-order valence-corrected chi connectivity index (χ1v) is 7.13. The van der Waals surface area contributed by atoms with Crippen LogP contribution >= 0.6 is 23.8 Å². The van der Waals surface area contributed by atoms with E-state index in [1.54, 1.807) is 12.4 Å². The summed E-state index contributed by atoms with van der Waals surface area (Å²) >= 11 is 11.2. The summed E-state index contributed by atoms with van der Waals surface area (Å²) in [5.41, 5.74) is 8.80. The van der Waals surface area contributed by atoms with Gasteiger partial charge in [-0.15, -0.1) is 0 Å². The fourth-order valence-electron chi connectivity index (χ4n) is 2.06. The number of nitrogens with two attached hydrogens (primary N) is 1. The Kier molecular flexibility index (Phi) is 4.93. The van der Waals surface area contributed by atoms with Crippen LogP contribution in [-0.4, -0.2) is 16.5 Å². The third-order valence-electron chi connectivity index (χ3n) is 3.07. The lowest BCUT2D eigenvalue weighted by molar-refractivity contribution is 0.829. The van der Waals surface area contributed by atoms with Crippen molar-refractivity contribution in [1.29, 1.82) is 0 Å². The minimum Gasteiger partial charge on any atom is -0.389 e. The fourth-order valence-corrected chi connectivity index (χ4v) is 2.39. The van der Waals surface area contributed by atoms with Crippen molar-refractivity contribution in [2.45, 2.75) is 13.5 Å². The predicted octanol–water partition coefficient (Wildman–Crippen LogP) is 3.40. The Bertz CT molecular complexity index is 601. The first-order valence-electron chi connectivity index (χ1n) is 6.35. The number of anilines is 1. The van der Waals surface area contributed by atoms with Gasteiger partial charge in [-0.05, 0) is 42.8 Å². The van der Waals surface area contributed by atoms with Gasteiger partial charge in [-0.1, -0.05) is 23.8 Å². The van der Waals surface area contributed by atoms with Gasteiger partial charge in [-0.25, -0.2) is 0 Å². The molecule has 1 heterocycles. The van der Waals surface area contributed by atoms with Crippen LogP contribution in [0.25, 0.3) is 0 Å². The van der Waals surface area contributed by atoms with Crippen molar-refractivity contribution in [3.05, 3.63) is 58.9 Å². The number of halogens is 1. The van der Waals surface area contributed by atoms with Crippen molar-refractivity contribution in [2.24, 2.45) is 5.73 Å². The zero-order valence-electron chi connectivity index (χ0n) is 11.2. The highest BCUT2D eigenvalue weighted by Crippen LogP contribution is 2.25. The molecule has 0 amide bonds. The quantitative estimate of drug-likeness (QED) is 0.860. The Hall–Kier alpha value is -1.65. The van der Waals surface area contributed by atoms with Gasteiger partial charge in [0.25, 0.3) is 0 Å². The van der Waals surface area contributed by atoms with E-state index >= 15 is 0 Å². The molecule has 1 aromatic carbocycles. The van der Waals surface area contributed by atoms with Gasteiger partial charge in [0.2, 0.25) is 0 Å². The van der Waals surface area contributed by atoms with Gasteiger partial charge in [0.1, 0.15) is 4.99 Å². The smallest absolute Gasteiger partial charge is 0.106 e. The van der Waals surface area contributed by atoms with E-state index in [2.05, 4.69) is 16.8 Å². The Balaban J connectivity index is 2.34. The lowest BCUT2D eigenvalue weighted by Gasteiger charge is -2.25. The van der Waals surface area contributed by atoms with Crippen LogP contribution in [0.5, 0.6) is 0 Å². The highest BCUT2D eigenvalue weighted by molar-refractivity contribution is 7.80. The minimum absolute atomic E-state index is 0.357. The van der Waals surface area contributed by atoms with Gasteiger partial charge in [0.15, 0.2) is 0 Å². The van der Waals surface area contributed by atoms with Crippen LogP contribution in [0.3, 0.4) is 0 Å². The van der Waals surface area contributed by atoms with Gasteiger partial charge < -0.3 is 10.6 Å². The molecule has 0 unspecified atom stereocenters. The molecule has 2 aromatic rings. The van der Waals surface area contributed by atoms with Crippen LogP contribution < -0.4 is 10.6 Å². The summed E-state index contributed by atoms with van der Waals surface area (Å²) in [6, 6.07) is 9.63. The molecule has 0 radical (unpaired) electrons. The van der Waals surface area contributed by atoms with Crippen LogP contribution in [0.2, 0.25) is 5.02 Å². The van der Waals surface area contributed by atoms with E-state index in [1.807, 2.05) is 30.3 Å². The van der Waals surface area contributed by atoms with Gasteiger partial charge >= 0.3 is 0 Å². The number of benzene rings is 1. The topological polar surface area (TPSA) is 42.2 Å². The first-order chi connectivity index (χ1) is 9.61. The average Bonchev–Trinajstić information content (AvgIpc) is 2.46. The summed E-state index contributed by atoms with van der Waals surface area (Å²) in [5, 5.41) is 0.636. The standard InChI is InChI=1S/C15H16ClN3S/c1-2-19(10-11-5-7-18-8-6-11)14-4-3-12(16)9-13(14)15(17)20/h3-9H,2,10H2,1H3,(H2,17,20). The number of rotatable bonds is 5. The number of nitrogens with zero attached hydrogens (tertiary/aromatic N) is 2. The highest BCUT2D eigenvalue weighted by Gasteiger charge is 2.12. The maximum Gasteiger partial charge on any atom is 0.106 e. The summed E-state index contributed by atoms with van der Waals surface area (Å²) in [5.74, 6) is 0. The average molecular weight is 306 g/mol. The van der Waals surface area contributed by atoms with E-state index in [0.29, 0.717) is 10.0 Å². The molecular weight excluding hydrogens is 290 g/mol. The molecule has 2 rings (SSSR count). The third kappa shape index (κ3) is 3.46. The molecule has 1 aromatic heterocycles. The molecule has 0 atom stereocenters. The van der Waals surface area contributed by atoms with Crippen LogP contribution in [0.1, 0.15) is 18.1 Å². The summed E-state index contributed by atoms with van der Waals surface area (Å²) in [4.78, 5) is 6.60. The zero-order valence-corrected chi connectivity index (χ0v) is 12.8. The van der Waals surface area contributed by atoms with Crippen molar-refractivity contribution < 1.29 is 0 Å². The lowest BCUT2D eigenvalue weighted by atomic mass is 10.1. The molecule has 2 N–H and O–H groups in total. The molecule has 0 spiro atoms. The zero-order chi connectivity index (χ0) is 14.5. The fraction of sp³-hybridized carbons (Fsp3) is 0.200. The molecule has 0 aliphatic rings. The van der Waals surface area contributed by atoms with E-state index < -0.39 is 0 Å². The maximum atomic E-state index is 6.03. The highest BCUT2D eigenvalue weighted by atomic mass is 35.5. The van der Waals surface area contributed by atoms with E-state index in [-0.39, 0.29) is 0 Å². The Morgan fingerprint density at radius 3 is 2.60 bits per heavy atom. The van der Waals surface area contributed by atoms with Crippen LogP contribution in [0.15, 0.2) is 42.7 Å². The van der Waals surface area contributed by atoms with Gasteiger partial charge in [-0.2, -0.15) is 0 Å². The van der Waals surface area contributed by atoms with E-state index in [4.69, 9.17) is 29.6 Å². The Morgan fingerprint density at radius 2 is 2.00 bits per heavy atom. The van der Waals surface area contributed by atoms with Gasteiger partial charge in [-0.3, -0.25) is 4.98 Å². The van der Waals surface area contributed by atoms with Gasteiger partial charge in [0, 0.05) is 41.8 Å². The second-order valence-electron chi connectivity index (χ2n) is 4.40. The third-order valence-corrected chi connectivity index (χ3v) is 3.52. The van der Waals surface area contributed by atoms with E-state index in [9.17, 15) is 0 Å². The molecule has 0 bridgehead atoms. The van der Waals surface area contributed by atoms with Crippen LogP contribution in [0.4, 0.5) is 5.69 Å². The molecule has 20 heavy (non-hydrogen) atoms. The second-order valence-corrected chi connectivity index (χ2v) is 5.27. The SMILES string of the molecule is CCN(Cc1ccncc1)c1ccc(Cl)cc1C(N)=S. The maximum absolute atomic E-state index is 6.03. The van der Waals surface area contributed by atoms with Crippen molar-refractivity contribution >= 4 is 34.5 Å². The number of aromatic nitrogens is 1. The van der Waals surface area contributed by atoms with Crippen LogP contribution in [-0.2, 0) is 6.54 Å².